The molecular weight excluding hydrogens is 368 g/mol. The Labute approximate surface area is 160 Å². The van der Waals surface area contributed by atoms with Gasteiger partial charge in [0.25, 0.3) is 0 Å². The zero-order valence-electron chi connectivity index (χ0n) is 14.9. The molecule has 1 amide bonds. The van der Waals surface area contributed by atoms with E-state index in [0.717, 1.165) is 11.3 Å². The number of nitrogens with one attached hydrogen (secondary N) is 1. The summed E-state index contributed by atoms with van der Waals surface area (Å²) in [5.41, 5.74) is 6.56. The number of carbonyl (C=O) groups excluding carboxylic acids is 3. The minimum absolute atomic E-state index is 0.208. The Morgan fingerprint density at radius 2 is 2.22 bits per heavy atom. The van der Waals surface area contributed by atoms with Crippen molar-refractivity contribution < 1.29 is 19.1 Å². The number of amides is 1. The van der Waals surface area contributed by atoms with E-state index < -0.39 is 5.92 Å². The van der Waals surface area contributed by atoms with E-state index in [-0.39, 0.29) is 23.9 Å². The van der Waals surface area contributed by atoms with E-state index in [0.29, 0.717) is 53.0 Å². The molecule has 2 aromatic heterocycles. The van der Waals surface area contributed by atoms with E-state index in [1.807, 2.05) is 0 Å². The molecule has 3 N–H and O–H groups in total. The summed E-state index contributed by atoms with van der Waals surface area (Å²) in [5.74, 6) is -1.20. The number of anilines is 2. The molecule has 1 unspecified atom stereocenters. The van der Waals surface area contributed by atoms with Crippen LogP contribution >= 0.6 is 11.3 Å². The van der Waals surface area contributed by atoms with Crippen molar-refractivity contribution in [2.24, 2.45) is 5.92 Å². The molecule has 1 atom stereocenters. The third-order valence-corrected chi connectivity index (χ3v) is 5.34. The van der Waals surface area contributed by atoms with Gasteiger partial charge >= 0.3 is 0 Å². The number of hydrogen-bond donors (Lipinski definition) is 2. The number of methoxy groups -OCH3 is 1. The molecule has 2 heterocycles. The lowest BCUT2D eigenvalue weighted by Gasteiger charge is -2.11. The van der Waals surface area contributed by atoms with Crippen LogP contribution in [0.5, 0.6) is 0 Å². The quantitative estimate of drug-likeness (QED) is 0.441. The van der Waals surface area contributed by atoms with Gasteiger partial charge in [-0.2, -0.15) is 0 Å². The summed E-state index contributed by atoms with van der Waals surface area (Å²) in [6.45, 7) is 0.308. The van der Waals surface area contributed by atoms with Crippen molar-refractivity contribution in [3.63, 3.8) is 0 Å². The molecule has 0 aromatic carbocycles. The monoisotopic (exact) mass is 388 g/mol. The minimum Gasteiger partial charge on any atom is -0.384 e. The largest absolute Gasteiger partial charge is 0.384 e. The first kappa shape index (κ1) is 19.1. The van der Waals surface area contributed by atoms with E-state index in [4.69, 9.17) is 10.5 Å². The highest BCUT2D eigenvalue weighted by Gasteiger charge is 2.34. The Kier molecular flexibility index (Phi) is 5.92. The van der Waals surface area contributed by atoms with Crippen LogP contribution in [0, 0.1) is 5.92 Å². The first-order chi connectivity index (χ1) is 13.0. The van der Waals surface area contributed by atoms with Crippen molar-refractivity contribution in [1.29, 1.82) is 0 Å². The van der Waals surface area contributed by atoms with E-state index in [2.05, 4.69) is 15.3 Å². The van der Waals surface area contributed by atoms with Gasteiger partial charge in [0.1, 0.15) is 5.82 Å². The van der Waals surface area contributed by atoms with Gasteiger partial charge in [0, 0.05) is 18.9 Å². The number of nitrogen functional groups attached to an aromatic ring is 1. The standard InChI is InChI=1S/C18H20N4O4S/c1-26-8-7-14(23)22-18-21-12-4-2-3-11(16(25)17(12)27-18)15(24)10-5-6-13(19)20-9-10/h5-6,9,11H,2-4,7-8H2,1H3,(H2,19,20)(H,21,22,23). The summed E-state index contributed by atoms with van der Waals surface area (Å²) in [7, 11) is 1.52. The number of rotatable bonds is 6. The highest BCUT2D eigenvalue weighted by molar-refractivity contribution is 7.17. The molecule has 0 bridgehead atoms. The molecule has 1 aliphatic rings. The fourth-order valence-corrected chi connectivity index (χ4v) is 3.93. The fourth-order valence-electron chi connectivity index (χ4n) is 2.91. The molecule has 0 aliphatic heterocycles. The Bertz CT molecular complexity index is 863. The summed E-state index contributed by atoms with van der Waals surface area (Å²) in [4.78, 5) is 46.3. The highest BCUT2D eigenvalue weighted by Crippen LogP contribution is 2.33. The van der Waals surface area contributed by atoms with Crippen molar-refractivity contribution in [3.8, 4) is 0 Å². The van der Waals surface area contributed by atoms with Crippen molar-refractivity contribution in [2.45, 2.75) is 25.7 Å². The van der Waals surface area contributed by atoms with Gasteiger partial charge in [-0.25, -0.2) is 9.97 Å². The van der Waals surface area contributed by atoms with Crippen molar-refractivity contribution in [2.75, 3.05) is 24.8 Å². The maximum Gasteiger partial charge on any atom is 0.228 e. The van der Waals surface area contributed by atoms with Crippen LogP contribution in [-0.2, 0) is 16.0 Å². The SMILES string of the molecule is COCCC(=O)Nc1nc2c(s1)C(=O)C(C(=O)c1ccc(N)nc1)CCC2. The van der Waals surface area contributed by atoms with Gasteiger partial charge in [-0.15, -0.1) is 0 Å². The van der Waals surface area contributed by atoms with Crippen molar-refractivity contribution >= 4 is 39.8 Å². The van der Waals surface area contributed by atoms with Crippen LogP contribution in [0.3, 0.4) is 0 Å². The molecular formula is C18H20N4O4S. The van der Waals surface area contributed by atoms with Gasteiger partial charge in [-0.1, -0.05) is 11.3 Å². The predicted octanol–water partition coefficient (Wildman–Crippen LogP) is 2.11. The van der Waals surface area contributed by atoms with Gasteiger partial charge in [-0.3, -0.25) is 14.4 Å². The van der Waals surface area contributed by atoms with Crippen LogP contribution in [0.15, 0.2) is 18.3 Å². The van der Waals surface area contributed by atoms with Crippen LogP contribution in [0.1, 0.15) is 45.0 Å². The third-order valence-electron chi connectivity index (χ3n) is 4.31. The number of nitrogens with two attached hydrogens (primary N) is 1. The van der Waals surface area contributed by atoms with Gasteiger partial charge in [-0.05, 0) is 31.4 Å². The molecule has 8 nitrogen and oxygen atoms in total. The molecule has 0 radical (unpaired) electrons. The number of aromatic nitrogens is 2. The summed E-state index contributed by atoms with van der Waals surface area (Å²) in [5, 5.41) is 3.06. The topological polar surface area (TPSA) is 124 Å². The Morgan fingerprint density at radius 1 is 1.41 bits per heavy atom. The predicted molar refractivity (Wildman–Crippen MR) is 101 cm³/mol. The minimum atomic E-state index is -0.769. The average molecular weight is 388 g/mol. The Hall–Kier alpha value is -2.65. The lowest BCUT2D eigenvalue weighted by atomic mass is 9.91. The van der Waals surface area contributed by atoms with Crippen LogP contribution in [0.25, 0.3) is 0 Å². The molecule has 27 heavy (non-hydrogen) atoms. The number of carbonyl (C=O) groups is 3. The second-order valence-electron chi connectivity index (χ2n) is 6.23. The van der Waals surface area contributed by atoms with Crippen LogP contribution < -0.4 is 11.1 Å². The van der Waals surface area contributed by atoms with Gasteiger partial charge < -0.3 is 15.8 Å². The number of Topliss-reactive ketones (excluding diaryl/α,β-unsaturated/α-hetero) is 2. The zero-order valence-corrected chi connectivity index (χ0v) is 15.7. The maximum absolute atomic E-state index is 13.0. The second kappa shape index (κ2) is 8.36. The van der Waals surface area contributed by atoms with E-state index in [9.17, 15) is 14.4 Å². The number of hydrogen-bond acceptors (Lipinski definition) is 8. The summed E-state index contributed by atoms with van der Waals surface area (Å²) < 4.78 is 4.87. The van der Waals surface area contributed by atoms with Crippen LogP contribution in [-0.4, -0.2) is 41.2 Å². The first-order valence-corrected chi connectivity index (χ1v) is 9.39. The fraction of sp³-hybridized carbons (Fsp3) is 0.389. The van der Waals surface area contributed by atoms with E-state index in [1.54, 1.807) is 12.1 Å². The number of ketones is 2. The lowest BCUT2D eigenvalue weighted by molar-refractivity contribution is -0.117. The number of fused-ring (bicyclic) bond motifs is 1. The molecule has 0 saturated heterocycles. The molecule has 0 fully saturated rings. The van der Waals surface area contributed by atoms with E-state index >= 15 is 0 Å². The highest BCUT2D eigenvalue weighted by atomic mass is 32.1. The molecule has 3 rings (SSSR count). The Morgan fingerprint density at radius 3 is 2.93 bits per heavy atom. The summed E-state index contributed by atoms with van der Waals surface area (Å²) >= 11 is 1.12. The zero-order chi connectivity index (χ0) is 19.4. The third kappa shape index (κ3) is 4.37. The van der Waals surface area contributed by atoms with Gasteiger partial charge in [0.05, 0.1) is 29.5 Å². The smallest absolute Gasteiger partial charge is 0.228 e. The van der Waals surface area contributed by atoms with E-state index in [1.165, 1.54) is 13.3 Å². The van der Waals surface area contributed by atoms with Crippen molar-refractivity contribution in [1.82, 2.24) is 9.97 Å². The second-order valence-corrected chi connectivity index (χ2v) is 7.23. The van der Waals surface area contributed by atoms with Crippen LogP contribution in [0.4, 0.5) is 10.9 Å². The summed E-state index contributed by atoms with van der Waals surface area (Å²) in [6, 6.07) is 3.12. The summed E-state index contributed by atoms with van der Waals surface area (Å²) in [6.07, 6.45) is 3.32. The lowest BCUT2D eigenvalue weighted by Crippen LogP contribution is -2.23. The van der Waals surface area contributed by atoms with Gasteiger partial charge in [0.2, 0.25) is 5.91 Å². The molecule has 0 spiro atoms. The number of ether oxygens (including phenoxy) is 1. The number of thiazole rings is 1. The Balaban J connectivity index is 1.79. The maximum atomic E-state index is 13.0. The average Bonchev–Trinajstić information content (AvgIpc) is 2.99. The molecule has 2 aromatic rings. The van der Waals surface area contributed by atoms with Gasteiger partial charge in [0.15, 0.2) is 16.7 Å². The number of pyridine rings is 1. The van der Waals surface area contributed by atoms with Crippen molar-refractivity contribution in [3.05, 3.63) is 34.5 Å². The first-order valence-electron chi connectivity index (χ1n) is 8.58. The molecule has 0 saturated carbocycles. The normalized spacial score (nSPS) is 16.5. The van der Waals surface area contributed by atoms with Crippen LogP contribution in [0.2, 0.25) is 0 Å². The molecule has 1 aliphatic carbocycles. The molecule has 9 heteroatoms. The number of aryl methyl sites for hydroxylation is 1. The molecule has 142 valence electrons. The number of nitrogens with zero attached hydrogens (tertiary/aromatic N) is 2.